The average molecular weight is 549 g/mol. The molecule has 3 heterocycles. The monoisotopic (exact) mass is 548 g/mol. The minimum Gasteiger partial charge on any atom is -0.493 e. The number of piperazine rings is 1. The molecule has 5 rings (SSSR count). The predicted molar refractivity (Wildman–Crippen MR) is 152 cm³/mol. The number of fused-ring (bicyclic) bond motifs is 2. The van der Waals surface area contributed by atoms with Crippen LogP contribution in [0.4, 0.5) is 5.69 Å². The number of aliphatic imine (C=N–C) groups is 1. The third-order valence-corrected chi connectivity index (χ3v) is 7.54. The second-order valence-electron chi connectivity index (χ2n) is 10.2. The van der Waals surface area contributed by atoms with Crippen molar-refractivity contribution in [3.8, 4) is 17.2 Å². The Morgan fingerprint density at radius 1 is 1.05 bits per heavy atom. The molecular formula is C30H36N4O6. The molecule has 2 amide bonds. The Labute approximate surface area is 234 Å². The molecule has 0 spiro atoms. The van der Waals surface area contributed by atoms with Gasteiger partial charge in [-0.1, -0.05) is 6.07 Å². The second-order valence-corrected chi connectivity index (χ2v) is 10.2. The molecule has 10 heteroatoms. The van der Waals surface area contributed by atoms with Crippen molar-refractivity contribution in [3.63, 3.8) is 0 Å². The van der Waals surface area contributed by atoms with E-state index < -0.39 is 0 Å². The van der Waals surface area contributed by atoms with E-state index in [0.717, 1.165) is 44.6 Å². The van der Waals surface area contributed by atoms with E-state index in [1.54, 1.807) is 37.5 Å². The second kappa shape index (κ2) is 12.5. The zero-order chi connectivity index (χ0) is 28.1. The van der Waals surface area contributed by atoms with Crippen molar-refractivity contribution in [2.45, 2.75) is 25.5 Å². The van der Waals surface area contributed by atoms with E-state index in [9.17, 15) is 14.7 Å². The van der Waals surface area contributed by atoms with Crippen molar-refractivity contribution in [2.24, 2.45) is 4.99 Å². The van der Waals surface area contributed by atoms with E-state index in [-0.39, 0.29) is 37.7 Å². The van der Waals surface area contributed by atoms with Crippen LogP contribution in [-0.4, -0.2) is 104 Å². The summed E-state index contributed by atoms with van der Waals surface area (Å²) in [5, 5.41) is 9.93. The summed E-state index contributed by atoms with van der Waals surface area (Å²) in [6, 6.07) is 8.89. The molecule has 2 saturated heterocycles. The van der Waals surface area contributed by atoms with Gasteiger partial charge in [-0.15, -0.1) is 0 Å². The fraction of sp³-hybridized carbons (Fsp3) is 0.433. The van der Waals surface area contributed by atoms with Crippen LogP contribution in [0.3, 0.4) is 0 Å². The molecule has 0 unspecified atom stereocenters. The smallest absolute Gasteiger partial charge is 0.256 e. The van der Waals surface area contributed by atoms with Crippen molar-refractivity contribution < 1.29 is 28.9 Å². The van der Waals surface area contributed by atoms with Crippen molar-refractivity contribution in [1.29, 1.82) is 0 Å². The first kappa shape index (κ1) is 27.7. The Morgan fingerprint density at radius 3 is 2.58 bits per heavy atom. The largest absolute Gasteiger partial charge is 0.493 e. The topological polar surface area (TPSA) is 104 Å². The molecule has 0 bridgehead atoms. The van der Waals surface area contributed by atoms with Crippen LogP contribution in [0.5, 0.6) is 17.2 Å². The lowest BCUT2D eigenvalue weighted by Gasteiger charge is -2.31. The number of hydrogen-bond donors (Lipinski definition) is 1. The lowest BCUT2D eigenvalue weighted by Crippen LogP contribution is -2.46. The van der Waals surface area contributed by atoms with Crippen molar-refractivity contribution in [1.82, 2.24) is 14.7 Å². The summed E-state index contributed by atoms with van der Waals surface area (Å²) in [5.41, 5.74) is 2.39. The fourth-order valence-electron chi connectivity index (χ4n) is 5.18. The summed E-state index contributed by atoms with van der Waals surface area (Å²) in [6.45, 7) is 4.11. The highest BCUT2D eigenvalue weighted by molar-refractivity contribution is 6.03. The van der Waals surface area contributed by atoms with Crippen molar-refractivity contribution in [3.05, 3.63) is 53.1 Å². The van der Waals surface area contributed by atoms with Crippen LogP contribution in [-0.2, 0) is 11.4 Å². The number of amides is 2. The molecule has 2 fully saturated rings. The molecule has 212 valence electrons. The van der Waals surface area contributed by atoms with Gasteiger partial charge < -0.3 is 34.0 Å². The summed E-state index contributed by atoms with van der Waals surface area (Å²) in [5.74, 6) is 1.50. The minimum atomic E-state index is -0.260. The molecule has 40 heavy (non-hydrogen) atoms. The number of hydrogen-bond acceptors (Lipinski definition) is 8. The number of likely N-dealkylation sites (N-methyl/N-ethyl adjacent to an activating group) is 1. The van der Waals surface area contributed by atoms with Gasteiger partial charge in [0.25, 0.3) is 5.91 Å². The standard InChI is InChI=1S/C30H36N4O6/c1-32-10-12-33(13-11-32)29(36)8-6-21-5-7-26(28(16-21)38-2)39-14-15-40-27-18-25-24(17-22(27)20-35)30(37)34-9-3-4-23(34)19-31-25/h5-8,16-19,23,35H,3-4,9-15,20H2,1-2H3/b8-6+/t23-/m0/s1. The van der Waals surface area contributed by atoms with E-state index in [4.69, 9.17) is 14.2 Å². The molecule has 2 aromatic carbocycles. The number of methoxy groups -OCH3 is 1. The van der Waals surface area contributed by atoms with Gasteiger partial charge in [-0.3, -0.25) is 14.6 Å². The van der Waals surface area contributed by atoms with E-state index >= 15 is 0 Å². The van der Waals surface area contributed by atoms with Crippen molar-refractivity contribution in [2.75, 3.05) is 60.1 Å². The van der Waals surface area contributed by atoms with Gasteiger partial charge >= 0.3 is 0 Å². The van der Waals surface area contributed by atoms with Gasteiger partial charge in [0.15, 0.2) is 11.5 Å². The molecule has 0 saturated carbocycles. The van der Waals surface area contributed by atoms with Gasteiger partial charge in [-0.05, 0) is 49.7 Å². The molecule has 2 aromatic rings. The van der Waals surface area contributed by atoms with Gasteiger partial charge in [0.1, 0.15) is 19.0 Å². The number of ether oxygens (including phenoxy) is 3. The molecular weight excluding hydrogens is 512 g/mol. The van der Waals surface area contributed by atoms with Crippen LogP contribution in [0.1, 0.15) is 34.3 Å². The maximum Gasteiger partial charge on any atom is 0.256 e. The van der Waals surface area contributed by atoms with Crippen LogP contribution in [0, 0.1) is 0 Å². The molecule has 0 aromatic heterocycles. The number of nitrogens with zero attached hydrogens (tertiary/aromatic N) is 4. The highest BCUT2D eigenvalue weighted by Gasteiger charge is 2.32. The van der Waals surface area contributed by atoms with Gasteiger partial charge in [0.2, 0.25) is 5.91 Å². The lowest BCUT2D eigenvalue weighted by molar-refractivity contribution is -0.127. The maximum absolute atomic E-state index is 13.0. The summed E-state index contributed by atoms with van der Waals surface area (Å²) >= 11 is 0. The molecule has 1 atom stereocenters. The Hall–Kier alpha value is -3.89. The Morgan fingerprint density at radius 2 is 1.82 bits per heavy atom. The third kappa shape index (κ3) is 6.13. The van der Waals surface area contributed by atoms with E-state index in [1.165, 1.54) is 0 Å². The fourth-order valence-corrected chi connectivity index (χ4v) is 5.18. The summed E-state index contributed by atoms with van der Waals surface area (Å²) in [7, 11) is 3.62. The predicted octanol–water partition coefficient (Wildman–Crippen LogP) is 2.75. The van der Waals surface area contributed by atoms with E-state index in [1.807, 2.05) is 28.1 Å². The van der Waals surface area contributed by atoms with Crippen LogP contribution in [0.25, 0.3) is 6.08 Å². The SMILES string of the molecule is COc1cc(/C=C/C(=O)N2CCN(C)CC2)ccc1OCCOc1cc2c(cc1CO)C(=O)N1CCC[C@H]1C=N2. The first-order valence-electron chi connectivity index (χ1n) is 13.7. The number of aliphatic hydroxyl groups is 1. The Kier molecular flexibility index (Phi) is 8.66. The Balaban J connectivity index is 1.18. The van der Waals surface area contributed by atoms with E-state index in [0.29, 0.717) is 40.6 Å². The van der Waals surface area contributed by atoms with Gasteiger partial charge in [-0.2, -0.15) is 0 Å². The zero-order valence-electron chi connectivity index (χ0n) is 23.0. The molecule has 0 radical (unpaired) electrons. The molecule has 10 nitrogen and oxygen atoms in total. The highest BCUT2D eigenvalue weighted by atomic mass is 16.5. The number of aliphatic hydroxyl groups excluding tert-OH is 1. The number of benzene rings is 2. The number of carbonyl (C=O) groups is 2. The number of carbonyl (C=O) groups excluding carboxylic acids is 2. The van der Waals surface area contributed by atoms with Crippen LogP contribution >= 0.6 is 0 Å². The zero-order valence-corrected chi connectivity index (χ0v) is 23.0. The van der Waals surface area contributed by atoms with Crippen LogP contribution in [0.2, 0.25) is 0 Å². The van der Waals surface area contributed by atoms with Crippen LogP contribution in [0.15, 0.2) is 41.4 Å². The quantitative estimate of drug-likeness (QED) is 0.380. The molecule has 3 aliphatic rings. The molecule has 3 aliphatic heterocycles. The lowest BCUT2D eigenvalue weighted by atomic mass is 10.1. The molecule has 1 N–H and O–H groups in total. The van der Waals surface area contributed by atoms with Crippen LogP contribution < -0.4 is 14.2 Å². The van der Waals surface area contributed by atoms with Gasteiger partial charge in [-0.25, -0.2) is 0 Å². The van der Waals surface area contributed by atoms with Gasteiger partial charge in [0.05, 0.1) is 31.0 Å². The van der Waals surface area contributed by atoms with Gasteiger partial charge in [0, 0.05) is 56.6 Å². The first-order chi connectivity index (χ1) is 19.5. The van der Waals surface area contributed by atoms with Crippen molar-refractivity contribution >= 4 is 29.8 Å². The summed E-state index contributed by atoms with van der Waals surface area (Å²) < 4.78 is 17.3. The maximum atomic E-state index is 13.0. The minimum absolute atomic E-state index is 0.0000112. The summed E-state index contributed by atoms with van der Waals surface area (Å²) in [4.78, 5) is 36.0. The summed E-state index contributed by atoms with van der Waals surface area (Å²) in [6.07, 6.45) is 7.08. The third-order valence-electron chi connectivity index (χ3n) is 7.54. The Bertz CT molecular complexity index is 1300. The normalized spacial score (nSPS) is 19.0. The number of rotatable bonds is 9. The molecule has 0 aliphatic carbocycles. The van der Waals surface area contributed by atoms with E-state index in [2.05, 4.69) is 16.9 Å². The first-order valence-corrected chi connectivity index (χ1v) is 13.7. The average Bonchev–Trinajstić information content (AvgIpc) is 3.41. The highest BCUT2D eigenvalue weighted by Crippen LogP contribution is 2.34.